The van der Waals surface area contributed by atoms with Crippen LogP contribution >= 0.6 is 0 Å². The monoisotopic (exact) mass is 951 g/mol. The van der Waals surface area contributed by atoms with Gasteiger partial charge in [0.15, 0.2) is 0 Å². The van der Waals surface area contributed by atoms with Gasteiger partial charge in [0.1, 0.15) is 0 Å². The lowest BCUT2D eigenvalue weighted by atomic mass is 9.93. The fourth-order valence-electron chi connectivity index (χ4n) is 11.2. The van der Waals surface area contributed by atoms with Gasteiger partial charge in [0.25, 0.3) is 0 Å². The van der Waals surface area contributed by atoms with Crippen molar-refractivity contribution in [3.05, 3.63) is 239 Å². The maximum absolute atomic E-state index is 14.6. The first kappa shape index (κ1) is 45.2. The lowest BCUT2D eigenvalue weighted by Crippen LogP contribution is -2.08. The number of halogens is 3. The van der Waals surface area contributed by atoms with Gasteiger partial charge in [0, 0.05) is 27.1 Å². The van der Waals surface area contributed by atoms with Gasteiger partial charge in [0.2, 0.25) is 0 Å². The van der Waals surface area contributed by atoms with E-state index in [1.807, 2.05) is 36.4 Å². The molecule has 0 bridgehead atoms. The summed E-state index contributed by atoms with van der Waals surface area (Å²) in [5.74, 6) is 0. The minimum atomic E-state index is -4.55. The average Bonchev–Trinajstić information content (AvgIpc) is 3.89. The molecule has 0 amide bonds. The van der Waals surface area contributed by atoms with E-state index in [1.165, 1.54) is 12.1 Å². The number of hydrogen-bond donors (Lipinski definition) is 0. The molecule has 0 fully saturated rings. The molecule has 0 atom stereocenters. The molecule has 0 spiro atoms. The molecule has 0 aliphatic rings. The highest BCUT2D eigenvalue weighted by atomic mass is 19.4. The Balaban J connectivity index is 1.22. The summed E-state index contributed by atoms with van der Waals surface area (Å²) in [6.45, 7) is 10.2. The van der Waals surface area contributed by atoms with Crippen molar-refractivity contribution in [3.8, 4) is 73.1 Å². The number of aromatic nitrogens is 2. The molecule has 2 aromatic heterocycles. The lowest BCUT2D eigenvalue weighted by Gasteiger charge is -2.22. The molecule has 73 heavy (non-hydrogen) atoms. The molecular formula is C67H48F3N3. The van der Waals surface area contributed by atoms with Gasteiger partial charge in [-0.05, 0) is 185 Å². The lowest BCUT2D eigenvalue weighted by molar-refractivity contribution is -0.137. The Morgan fingerprint density at radius 2 is 0.685 bits per heavy atom. The Kier molecular flexibility index (Phi) is 10.8. The number of benzene rings is 10. The molecule has 0 saturated heterocycles. The Bertz CT molecular complexity index is 3830. The van der Waals surface area contributed by atoms with Crippen LogP contribution in [-0.2, 0) is 6.18 Å². The summed E-state index contributed by atoms with van der Waals surface area (Å²) in [7, 11) is 0. The quantitative estimate of drug-likeness (QED) is 0.157. The van der Waals surface area contributed by atoms with Gasteiger partial charge in [-0.25, -0.2) is 0 Å². The van der Waals surface area contributed by atoms with Crippen molar-refractivity contribution >= 4 is 43.6 Å². The SMILES string of the molecule is Cc1ccccc1-c1ccc2c(c1)c1cc(-c3ccccc3C)ccc1n2-c1cc(C#N)cc(-n2c3ccc(-c4ccccc4C)cc3c3cc(-c4ccccc4C)ccc32)c1-c1ccc(C(F)(F)F)cc1C. The molecule has 2 heterocycles. The highest BCUT2D eigenvalue weighted by Crippen LogP contribution is 2.47. The second-order valence-electron chi connectivity index (χ2n) is 19.4. The normalized spacial score (nSPS) is 11.8. The van der Waals surface area contributed by atoms with Crippen LogP contribution in [0.3, 0.4) is 0 Å². The van der Waals surface area contributed by atoms with E-state index >= 15 is 0 Å². The molecule has 12 rings (SSSR count). The molecule has 12 aromatic rings. The van der Waals surface area contributed by atoms with Gasteiger partial charge in [0.05, 0.1) is 50.6 Å². The Hall–Kier alpha value is -8.92. The van der Waals surface area contributed by atoms with Crippen LogP contribution in [0.4, 0.5) is 13.2 Å². The predicted octanol–water partition coefficient (Wildman–Crippen LogP) is 18.6. The van der Waals surface area contributed by atoms with E-state index < -0.39 is 11.7 Å². The van der Waals surface area contributed by atoms with Crippen molar-refractivity contribution in [2.75, 3.05) is 0 Å². The van der Waals surface area contributed by atoms with Crippen molar-refractivity contribution in [2.45, 2.75) is 40.8 Å². The second kappa shape index (κ2) is 17.4. The van der Waals surface area contributed by atoms with Gasteiger partial charge < -0.3 is 9.13 Å². The van der Waals surface area contributed by atoms with E-state index in [0.29, 0.717) is 33.6 Å². The fraction of sp³-hybridized carbons (Fsp3) is 0.0896. The summed E-state index contributed by atoms with van der Waals surface area (Å²) >= 11 is 0. The highest BCUT2D eigenvalue weighted by Gasteiger charge is 2.32. The Labute approximate surface area is 422 Å². The number of rotatable bonds is 7. The number of aryl methyl sites for hydroxylation is 5. The topological polar surface area (TPSA) is 33.6 Å². The zero-order valence-corrected chi connectivity index (χ0v) is 41.0. The van der Waals surface area contributed by atoms with E-state index in [9.17, 15) is 18.4 Å². The van der Waals surface area contributed by atoms with Crippen molar-refractivity contribution in [1.82, 2.24) is 9.13 Å². The molecule has 0 radical (unpaired) electrons. The number of nitriles is 1. The summed E-state index contributed by atoms with van der Waals surface area (Å²) in [5, 5.41) is 15.2. The van der Waals surface area contributed by atoms with Gasteiger partial charge in [-0.2, -0.15) is 18.4 Å². The third-order valence-electron chi connectivity index (χ3n) is 14.9. The van der Waals surface area contributed by atoms with Crippen molar-refractivity contribution in [1.29, 1.82) is 5.26 Å². The molecule has 6 heteroatoms. The van der Waals surface area contributed by atoms with Crippen molar-refractivity contribution < 1.29 is 13.2 Å². The van der Waals surface area contributed by atoms with Crippen LogP contribution in [0.15, 0.2) is 200 Å². The number of hydrogen-bond acceptors (Lipinski definition) is 1. The van der Waals surface area contributed by atoms with Crippen LogP contribution in [0.5, 0.6) is 0 Å². The van der Waals surface area contributed by atoms with Gasteiger partial charge in [-0.15, -0.1) is 0 Å². The van der Waals surface area contributed by atoms with Crippen LogP contribution in [0.2, 0.25) is 0 Å². The van der Waals surface area contributed by atoms with E-state index in [1.54, 1.807) is 13.0 Å². The first-order valence-electron chi connectivity index (χ1n) is 24.5. The number of nitrogens with zero attached hydrogens (tertiary/aromatic N) is 3. The van der Waals surface area contributed by atoms with E-state index in [0.717, 1.165) is 110 Å². The molecule has 352 valence electrons. The van der Waals surface area contributed by atoms with Crippen LogP contribution in [0, 0.1) is 45.9 Å². The Morgan fingerprint density at radius 3 is 0.973 bits per heavy atom. The molecule has 10 aromatic carbocycles. The highest BCUT2D eigenvalue weighted by molar-refractivity contribution is 6.14. The predicted molar refractivity (Wildman–Crippen MR) is 296 cm³/mol. The third kappa shape index (κ3) is 7.59. The number of fused-ring (bicyclic) bond motifs is 6. The molecule has 0 N–H and O–H groups in total. The molecule has 0 unspecified atom stereocenters. The zero-order valence-electron chi connectivity index (χ0n) is 41.0. The fourth-order valence-corrected chi connectivity index (χ4v) is 11.2. The minimum absolute atomic E-state index is 0.407. The summed E-state index contributed by atoms with van der Waals surface area (Å²) in [4.78, 5) is 0. The van der Waals surface area contributed by atoms with Gasteiger partial charge >= 0.3 is 6.18 Å². The zero-order chi connectivity index (χ0) is 50.3. The van der Waals surface area contributed by atoms with Gasteiger partial charge in [-0.1, -0.05) is 127 Å². The smallest absolute Gasteiger partial charge is 0.308 e. The standard InChI is InChI=1S/C67H48F3N3/c1-40-14-6-10-18-51(40)46-22-28-60-56(35-46)57-36-47(52-19-11-7-15-41(52)2)23-29-61(57)72(60)64-33-45(39-71)34-65(66(64)55-27-26-50(32-44(55)5)67(68,69)70)73-62-30-24-48(53-20-12-8-16-42(53)3)37-58(62)59-38-49(25-31-63(59)73)54-21-13-9-17-43(54)4/h6-38H,1-5H3. The maximum Gasteiger partial charge on any atom is 0.416 e. The molecule has 0 aliphatic carbocycles. The largest absolute Gasteiger partial charge is 0.416 e. The van der Waals surface area contributed by atoms with Crippen LogP contribution in [0.1, 0.15) is 38.9 Å². The Morgan fingerprint density at radius 1 is 0.356 bits per heavy atom. The third-order valence-corrected chi connectivity index (χ3v) is 14.9. The van der Waals surface area contributed by atoms with Crippen LogP contribution in [0.25, 0.3) is 111 Å². The first-order valence-corrected chi connectivity index (χ1v) is 24.5. The molecule has 0 saturated carbocycles. The van der Waals surface area contributed by atoms with Crippen molar-refractivity contribution in [3.63, 3.8) is 0 Å². The van der Waals surface area contributed by atoms with Crippen LogP contribution in [-0.4, -0.2) is 9.13 Å². The molecule has 0 aliphatic heterocycles. The second-order valence-corrected chi connectivity index (χ2v) is 19.4. The first-order chi connectivity index (χ1) is 35.4. The van der Waals surface area contributed by atoms with E-state index in [4.69, 9.17) is 0 Å². The maximum atomic E-state index is 14.6. The summed E-state index contributed by atoms with van der Waals surface area (Å²) in [6, 6.07) is 70.0. The van der Waals surface area contributed by atoms with Gasteiger partial charge in [-0.3, -0.25) is 0 Å². The summed E-state index contributed by atoms with van der Waals surface area (Å²) in [6.07, 6.45) is -4.55. The summed E-state index contributed by atoms with van der Waals surface area (Å²) in [5.41, 5.74) is 19.8. The van der Waals surface area contributed by atoms with E-state index in [-0.39, 0.29) is 0 Å². The van der Waals surface area contributed by atoms with E-state index in [2.05, 4.69) is 188 Å². The molecule has 3 nitrogen and oxygen atoms in total. The van der Waals surface area contributed by atoms with Crippen molar-refractivity contribution in [2.24, 2.45) is 0 Å². The average molecular weight is 952 g/mol. The summed E-state index contributed by atoms with van der Waals surface area (Å²) < 4.78 is 48.2. The minimum Gasteiger partial charge on any atom is -0.308 e. The molecular weight excluding hydrogens is 904 g/mol. The number of alkyl halides is 3. The van der Waals surface area contributed by atoms with Crippen LogP contribution < -0.4 is 0 Å².